The quantitative estimate of drug-likeness (QED) is 0.574. The molecule has 4 rings (SSSR count). The van der Waals surface area contributed by atoms with Gasteiger partial charge in [-0.1, -0.05) is 18.2 Å². The van der Waals surface area contributed by atoms with Crippen LogP contribution in [0.2, 0.25) is 0 Å². The Balaban J connectivity index is 1.24. The smallest absolute Gasteiger partial charge is 0.255 e. The number of furan rings is 1. The standard InChI is InChI=1S/C25H29N3O4/c1-18-24(21-17-20(31-2)10-11-22(21)32-18)25(30)26-12-6-9-23(29)28-15-13-27(14-16-28)19-7-4-3-5-8-19/h3-5,7-8,10-11,17H,6,9,12-16H2,1-2H3,(H,26,30). The van der Waals surface area contributed by atoms with E-state index in [0.29, 0.717) is 42.0 Å². The molecule has 0 aliphatic carbocycles. The summed E-state index contributed by atoms with van der Waals surface area (Å²) < 4.78 is 11.0. The van der Waals surface area contributed by atoms with E-state index in [2.05, 4.69) is 22.3 Å². The lowest BCUT2D eigenvalue weighted by atomic mass is 10.1. The number of hydrogen-bond donors (Lipinski definition) is 1. The van der Waals surface area contributed by atoms with Crippen molar-refractivity contribution >= 4 is 28.5 Å². The summed E-state index contributed by atoms with van der Waals surface area (Å²) in [6.45, 7) is 5.33. The average molecular weight is 436 g/mol. The number of piperazine rings is 1. The Hall–Kier alpha value is -3.48. The summed E-state index contributed by atoms with van der Waals surface area (Å²) in [4.78, 5) is 29.5. The molecule has 1 aliphatic rings. The number of anilines is 1. The number of hydrogen-bond acceptors (Lipinski definition) is 5. The third kappa shape index (κ3) is 4.72. The van der Waals surface area contributed by atoms with Gasteiger partial charge in [0.1, 0.15) is 17.1 Å². The molecule has 7 heteroatoms. The first kappa shape index (κ1) is 21.7. The predicted octanol–water partition coefficient (Wildman–Crippen LogP) is 3.61. The number of amides is 2. The van der Waals surface area contributed by atoms with E-state index in [-0.39, 0.29) is 11.8 Å². The topological polar surface area (TPSA) is 75.0 Å². The minimum Gasteiger partial charge on any atom is -0.497 e. The molecule has 32 heavy (non-hydrogen) atoms. The maximum absolute atomic E-state index is 12.7. The van der Waals surface area contributed by atoms with Crippen molar-refractivity contribution in [1.82, 2.24) is 10.2 Å². The van der Waals surface area contributed by atoms with E-state index in [1.54, 1.807) is 32.2 Å². The van der Waals surface area contributed by atoms with Crippen LogP contribution in [0, 0.1) is 6.92 Å². The van der Waals surface area contributed by atoms with Crippen molar-refractivity contribution in [3.8, 4) is 5.75 Å². The first-order valence-electron chi connectivity index (χ1n) is 11.0. The van der Waals surface area contributed by atoms with Gasteiger partial charge in [-0.05, 0) is 43.7 Å². The highest BCUT2D eigenvalue weighted by molar-refractivity contribution is 6.07. The molecule has 2 amide bonds. The third-order valence-electron chi connectivity index (χ3n) is 5.90. The zero-order chi connectivity index (χ0) is 22.5. The lowest BCUT2D eigenvalue weighted by Gasteiger charge is -2.36. The number of nitrogens with zero attached hydrogens (tertiary/aromatic N) is 2. The normalized spacial score (nSPS) is 13.9. The Morgan fingerprint density at radius 3 is 2.53 bits per heavy atom. The molecule has 0 spiro atoms. The van der Waals surface area contributed by atoms with Crippen molar-refractivity contribution in [1.29, 1.82) is 0 Å². The van der Waals surface area contributed by atoms with Gasteiger partial charge in [0.2, 0.25) is 5.91 Å². The molecule has 168 valence electrons. The molecule has 1 fully saturated rings. The molecule has 1 saturated heterocycles. The number of nitrogens with one attached hydrogen (secondary N) is 1. The summed E-state index contributed by atoms with van der Waals surface area (Å²) in [6.07, 6.45) is 1.02. The Kier molecular flexibility index (Phi) is 6.63. The third-order valence-corrected chi connectivity index (χ3v) is 5.90. The fourth-order valence-electron chi connectivity index (χ4n) is 4.15. The fourth-order valence-corrected chi connectivity index (χ4v) is 4.15. The molecule has 2 aromatic carbocycles. The number of para-hydroxylation sites is 1. The zero-order valence-electron chi connectivity index (χ0n) is 18.6. The number of methoxy groups -OCH3 is 1. The maximum atomic E-state index is 12.7. The van der Waals surface area contributed by atoms with Crippen LogP contribution in [-0.2, 0) is 4.79 Å². The second-order valence-electron chi connectivity index (χ2n) is 7.96. The van der Waals surface area contributed by atoms with Crippen LogP contribution in [0.15, 0.2) is 52.9 Å². The van der Waals surface area contributed by atoms with Crippen LogP contribution in [0.3, 0.4) is 0 Å². The van der Waals surface area contributed by atoms with Gasteiger partial charge in [0.15, 0.2) is 0 Å². The Bertz CT molecular complexity index is 1090. The van der Waals surface area contributed by atoms with Gasteiger partial charge in [-0.2, -0.15) is 0 Å². The van der Waals surface area contributed by atoms with Gasteiger partial charge in [0, 0.05) is 50.2 Å². The minimum atomic E-state index is -0.196. The molecule has 0 bridgehead atoms. The van der Waals surface area contributed by atoms with Crippen molar-refractivity contribution in [3.05, 3.63) is 59.9 Å². The SMILES string of the molecule is COc1ccc2oc(C)c(C(=O)NCCCC(=O)N3CCN(c4ccccc4)CC3)c2c1. The molecule has 3 aromatic rings. The summed E-state index contributed by atoms with van der Waals surface area (Å²) in [5.74, 6) is 1.18. The van der Waals surface area contributed by atoms with Crippen molar-refractivity contribution < 1.29 is 18.7 Å². The summed E-state index contributed by atoms with van der Waals surface area (Å²) in [6, 6.07) is 15.7. The van der Waals surface area contributed by atoms with E-state index in [0.717, 1.165) is 31.6 Å². The first-order chi connectivity index (χ1) is 15.6. The molecule has 0 saturated carbocycles. The van der Waals surface area contributed by atoms with Crippen LogP contribution in [-0.4, -0.2) is 56.5 Å². The van der Waals surface area contributed by atoms with E-state index in [1.807, 2.05) is 23.1 Å². The molecule has 1 aromatic heterocycles. The molecule has 0 unspecified atom stereocenters. The molecular formula is C25H29N3O4. The van der Waals surface area contributed by atoms with E-state index in [4.69, 9.17) is 9.15 Å². The molecule has 1 aliphatic heterocycles. The minimum absolute atomic E-state index is 0.140. The maximum Gasteiger partial charge on any atom is 0.255 e. The van der Waals surface area contributed by atoms with Gasteiger partial charge < -0.3 is 24.3 Å². The van der Waals surface area contributed by atoms with E-state index in [1.165, 1.54) is 5.69 Å². The number of carbonyl (C=O) groups is 2. The highest BCUT2D eigenvalue weighted by atomic mass is 16.5. The molecule has 1 N–H and O–H groups in total. The van der Waals surface area contributed by atoms with Crippen molar-refractivity contribution in [3.63, 3.8) is 0 Å². The number of aryl methyl sites for hydroxylation is 1. The van der Waals surface area contributed by atoms with Gasteiger partial charge in [-0.3, -0.25) is 9.59 Å². The second-order valence-corrected chi connectivity index (χ2v) is 7.96. The Labute approximate surface area is 187 Å². The lowest BCUT2D eigenvalue weighted by Crippen LogP contribution is -2.48. The Morgan fingerprint density at radius 2 is 1.81 bits per heavy atom. The molecule has 7 nitrogen and oxygen atoms in total. The lowest BCUT2D eigenvalue weighted by molar-refractivity contribution is -0.131. The van der Waals surface area contributed by atoms with Gasteiger partial charge in [-0.15, -0.1) is 0 Å². The van der Waals surface area contributed by atoms with Crippen molar-refractivity contribution in [2.24, 2.45) is 0 Å². The summed E-state index contributed by atoms with van der Waals surface area (Å²) >= 11 is 0. The van der Waals surface area contributed by atoms with Gasteiger partial charge in [0.25, 0.3) is 5.91 Å². The van der Waals surface area contributed by atoms with Crippen molar-refractivity contribution in [2.75, 3.05) is 44.7 Å². The van der Waals surface area contributed by atoms with Crippen LogP contribution in [0.1, 0.15) is 29.0 Å². The Morgan fingerprint density at radius 1 is 1.06 bits per heavy atom. The van der Waals surface area contributed by atoms with Gasteiger partial charge in [0.05, 0.1) is 12.7 Å². The highest BCUT2D eigenvalue weighted by Crippen LogP contribution is 2.29. The van der Waals surface area contributed by atoms with Gasteiger partial charge in [-0.25, -0.2) is 0 Å². The van der Waals surface area contributed by atoms with E-state index in [9.17, 15) is 9.59 Å². The predicted molar refractivity (Wildman–Crippen MR) is 124 cm³/mol. The number of fused-ring (bicyclic) bond motifs is 1. The number of carbonyl (C=O) groups excluding carboxylic acids is 2. The number of rotatable bonds is 7. The van der Waals surface area contributed by atoms with E-state index >= 15 is 0 Å². The van der Waals surface area contributed by atoms with Crippen LogP contribution < -0.4 is 15.0 Å². The largest absolute Gasteiger partial charge is 0.497 e. The molecule has 0 atom stereocenters. The van der Waals surface area contributed by atoms with Gasteiger partial charge >= 0.3 is 0 Å². The monoisotopic (exact) mass is 435 g/mol. The fraction of sp³-hybridized carbons (Fsp3) is 0.360. The summed E-state index contributed by atoms with van der Waals surface area (Å²) in [7, 11) is 1.59. The molecule has 0 radical (unpaired) electrons. The highest BCUT2D eigenvalue weighted by Gasteiger charge is 2.22. The van der Waals surface area contributed by atoms with Crippen LogP contribution in [0.5, 0.6) is 5.75 Å². The average Bonchev–Trinajstić information content (AvgIpc) is 3.17. The first-order valence-corrected chi connectivity index (χ1v) is 11.0. The van der Waals surface area contributed by atoms with Crippen LogP contribution in [0.25, 0.3) is 11.0 Å². The van der Waals surface area contributed by atoms with E-state index < -0.39 is 0 Å². The molecular weight excluding hydrogens is 406 g/mol. The van der Waals surface area contributed by atoms with Crippen LogP contribution >= 0.6 is 0 Å². The summed E-state index contributed by atoms with van der Waals surface area (Å²) in [5.41, 5.74) is 2.36. The van der Waals surface area contributed by atoms with Crippen LogP contribution in [0.4, 0.5) is 5.69 Å². The van der Waals surface area contributed by atoms with Crippen molar-refractivity contribution in [2.45, 2.75) is 19.8 Å². The second kappa shape index (κ2) is 9.77. The summed E-state index contributed by atoms with van der Waals surface area (Å²) in [5, 5.41) is 3.65. The number of ether oxygens (including phenoxy) is 1. The molecule has 2 heterocycles. The number of benzene rings is 2. The zero-order valence-corrected chi connectivity index (χ0v) is 18.6.